The molecule has 0 fully saturated rings. The van der Waals surface area contributed by atoms with Gasteiger partial charge in [-0.1, -0.05) is 18.2 Å². The van der Waals surface area contributed by atoms with E-state index in [1.165, 1.54) is 27.7 Å². The van der Waals surface area contributed by atoms with Gasteiger partial charge in [0, 0.05) is 17.6 Å². The summed E-state index contributed by atoms with van der Waals surface area (Å²) in [5, 5.41) is 18.9. The highest BCUT2D eigenvalue weighted by Gasteiger charge is 2.21. The molecule has 3 heterocycles. The second-order valence-corrected chi connectivity index (χ2v) is 10.3. The standard InChI is InChI=1S/C22H24FN5O3S2/c23-17-5-1-4-16(12-17)13-18(15-29)26-21-8-10-28-22(27-21)20(14-24-28)33(30,31)25-9-2-6-19-7-3-11-32-19/h1,3-5,7-8,10-12,14,18,25,29H,2,6,9,13,15H2,(H,26,27). The number of hydrogen-bond donors (Lipinski definition) is 3. The second-order valence-electron chi connectivity index (χ2n) is 7.53. The van der Waals surface area contributed by atoms with Crippen molar-refractivity contribution in [1.82, 2.24) is 19.3 Å². The average molecular weight is 490 g/mol. The molecule has 11 heteroatoms. The zero-order valence-corrected chi connectivity index (χ0v) is 19.3. The summed E-state index contributed by atoms with van der Waals surface area (Å²) in [5.41, 5.74) is 0.898. The van der Waals surface area contributed by atoms with E-state index < -0.39 is 16.1 Å². The molecule has 1 unspecified atom stereocenters. The van der Waals surface area contributed by atoms with E-state index in [-0.39, 0.29) is 23.0 Å². The normalized spacial score (nSPS) is 12.8. The highest BCUT2D eigenvalue weighted by molar-refractivity contribution is 7.89. The number of hydrogen-bond acceptors (Lipinski definition) is 7. The Bertz CT molecular complexity index is 1310. The first kappa shape index (κ1) is 23.3. The predicted octanol–water partition coefficient (Wildman–Crippen LogP) is 2.86. The Hall–Kier alpha value is -2.86. The monoisotopic (exact) mass is 489 g/mol. The lowest BCUT2D eigenvalue weighted by atomic mass is 10.1. The van der Waals surface area contributed by atoms with Gasteiger partial charge >= 0.3 is 0 Å². The zero-order chi connectivity index (χ0) is 23.3. The number of nitrogens with one attached hydrogen (secondary N) is 2. The molecule has 1 atom stereocenters. The lowest BCUT2D eigenvalue weighted by Gasteiger charge is -2.17. The maximum absolute atomic E-state index is 13.5. The van der Waals surface area contributed by atoms with Crippen molar-refractivity contribution in [1.29, 1.82) is 0 Å². The van der Waals surface area contributed by atoms with E-state index in [1.807, 2.05) is 17.5 Å². The van der Waals surface area contributed by atoms with Gasteiger partial charge in [0.2, 0.25) is 10.0 Å². The first-order valence-electron chi connectivity index (χ1n) is 10.4. The molecule has 0 saturated carbocycles. The van der Waals surface area contributed by atoms with E-state index in [2.05, 4.69) is 20.1 Å². The minimum absolute atomic E-state index is 0.0204. The fraction of sp³-hybridized carbons (Fsp3) is 0.273. The van der Waals surface area contributed by atoms with Crippen LogP contribution in [0, 0.1) is 5.82 Å². The Balaban J connectivity index is 1.45. The summed E-state index contributed by atoms with van der Waals surface area (Å²) in [5.74, 6) is 0.0355. The van der Waals surface area contributed by atoms with Crippen molar-refractivity contribution in [2.45, 2.75) is 30.2 Å². The highest BCUT2D eigenvalue weighted by Crippen LogP contribution is 2.18. The predicted molar refractivity (Wildman–Crippen MR) is 125 cm³/mol. The number of aromatic nitrogens is 3. The van der Waals surface area contributed by atoms with Gasteiger partial charge in [0.15, 0.2) is 5.65 Å². The Morgan fingerprint density at radius 1 is 1.21 bits per heavy atom. The number of halogens is 1. The van der Waals surface area contributed by atoms with Crippen LogP contribution in [0.2, 0.25) is 0 Å². The first-order chi connectivity index (χ1) is 15.9. The summed E-state index contributed by atoms with van der Waals surface area (Å²) in [6, 6.07) is 11.4. The van der Waals surface area contributed by atoms with Crippen LogP contribution in [0.4, 0.5) is 10.2 Å². The van der Waals surface area contributed by atoms with E-state index in [1.54, 1.807) is 35.7 Å². The van der Waals surface area contributed by atoms with E-state index in [9.17, 15) is 17.9 Å². The van der Waals surface area contributed by atoms with E-state index in [4.69, 9.17) is 0 Å². The van der Waals surface area contributed by atoms with Crippen molar-refractivity contribution < 1.29 is 17.9 Å². The Kier molecular flexibility index (Phi) is 7.33. The number of thiophene rings is 1. The third kappa shape index (κ3) is 5.93. The zero-order valence-electron chi connectivity index (χ0n) is 17.7. The molecule has 0 spiro atoms. The van der Waals surface area contributed by atoms with Crippen molar-refractivity contribution in [3.8, 4) is 0 Å². The van der Waals surface area contributed by atoms with Crippen LogP contribution in [0.3, 0.4) is 0 Å². The molecule has 0 aliphatic heterocycles. The van der Waals surface area contributed by atoms with Crippen LogP contribution in [0.1, 0.15) is 16.9 Å². The molecule has 3 aromatic heterocycles. The molecule has 8 nitrogen and oxygen atoms in total. The van der Waals surface area contributed by atoms with Crippen LogP contribution in [0.5, 0.6) is 0 Å². The number of rotatable bonds is 11. The third-order valence-electron chi connectivity index (χ3n) is 5.04. The van der Waals surface area contributed by atoms with E-state index in [0.29, 0.717) is 25.2 Å². The number of sulfonamides is 1. The SMILES string of the molecule is O=S(=O)(NCCCc1cccs1)c1cnn2ccc(NC(CO)Cc3cccc(F)c3)nc12. The molecule has 1 aromatic carbocycles. The number of aliphatic hydroxyl groups excluding tert-OH is 1. The lowest BCUT2D eigenvalue weighted by Crippen LogP contribution is -2.27. The fourth-order valence-corrected chi connectivity index (χ4v) is 5.32. The number of anilines is 1. The van der Waals surface area contributed by atoms with Crippen LogP contribution < -0.4 is 10.0 Å². The van der Waals surface area contributed by atoms with Gasteiger partial charge in [-0.05, 0) is 54.5 Å². The minimum atomic E-state index is -3.80. The molecule has 174 valence electrons. The quantitative estimate of drug-likeness (QED) is 0.280. The molecule has 0 saturated heterocycles. The molecule has 4 rings (SSSR count). The number of nitrogens with zero attached hydrogens (tertiary/aromatic N) is 3. The number of benzene rings is 1. The van der Waals surface area contributed by atoms with Gasteiger partial charge in [-0.3, -0.25) is 0 Å². The smallest absolute Gasteiger partial charge is 0.245 e. The molecule has 0 aliphatic carbocycles. The molecule has 0 aliphatic rings. The van der Waals surface area contributed by atoms with E-state index in [0.717, 1.165) is 12.0 Å². The van der Waals surface area contributed by atoms with Crippen molar-refractivity contribution >= 4 is 32.8 Å². The third-order valence-corrected chi connectivity index (χ3v) is 7.43. The van der Waals surface area contributed by atoms with Crippen LogP contribution >= 0.6 is 11.3 Å². The van der Waals surface area contributed by atoms with Crippen molar-refractivity contribution in [2.75, 3.05) is 18.5 Å². The van der Waals surface area contributed by atoms with Crippen LogP contribution in [-0.2, 0) is 22.9 Å². The summed E-state index contributed by atoms with van der Waals surface area (Å²) in [4.78, 5) is 5.59. The molecule has 4 aromatic rings. The Labute approximate surface area is 195 Å². The van der Waals surface area contributed by atoms with Gasteiger partial charge < -0.3 is 10.4 Å². The van der Waals surface area contributed by atoms with Gasteiger partial charge in [0.25, 0.3) is 0 Å². The summed E-state index contributed by atoms with van der Waals surface area (Å²) >= 11 is 1.65. The van der Waals surface area contributed by atoms with Gasteiger partial charge in [-0.2, -0.15) is 5.10 Å². The molecule has 3 N–H and O–H groups in total. The molecule has 0 radical (unpaired) electrons. The fourth-order valence-electron chi connectivity index (χ4n) is 3.44. The van der Waals surface area contributed by atoms with Crippen LogP contribution in [0.25, 0.3) is 5.65 Å². The first-order valence-corrected chi connectivity index (χ1v) is 12.8. The van der Waals surface area contributed by atoms with Gasteiger partial charge in [-0.25, -0.2) is 27.0 Å². The highest BCUT2D eigenvalue weighted by atomic mass is 32.2. The van der Waals surface area contributed by atoms with Gasteiger partial charge in [0.05, 0.1) is 18.8 Å². The Morgan fingerprint density at radius 2 is 2.09 bits per heavy atom. The van der Waals surface area contributed by atoms with Crippen LogP contribution in [-0.4, -0.2) is 47.3 Å². The molecular weight excluding hydrogens is 465 g/mol. The number of aryl methyl sites for hydroxylation is 1. The second kappa shape index (κ2) is 10.4. The summed E-state index contributed by atoms with van der Waals surface area (Å²) < 4.78 is 43.1. The van der Waals surface area contributed by atoms with Gasteiger partial charge in [-0.15, -0.1) is 11.3 Å². The lowest BCUT2D eigenvalue weighted by molar-refractivity contribution is 0.273. The molecule has 33 heavy (non-hydrogen) atoms. The topological polar surface area (TPSA) is 109 Å². The Morgan fingerprint density at radius 3 is 2.85 bits per heavy atom. The van der Waals surface area contributed by atoms with Crippen LogP contribution in [0.15, 0.2) is 65.1 Å². The van der Waals surface area contributed by atoms with Gasteiger partial charge in [0.1, 0.15) is 16.5 Å². The summed E-state index contributed by atoms with van der Waals surface area (Å²) in [6.45, 7) is 0.0926. The van der Waals surface area contributed by atoms with Crippen molar-refractivity contribution in [3.05, 3.63) is 76.5 Å². The number of aliphatic hydroxyl groups is 1. The average Bonchev–Trinajstić information content (AvgIpc) is 3.46. The molecule has 0 amide bonds. The maximum atomic E-state index is 13.5. The molecule has 0 bridgehead atoms. The minimum Gasteiger partial charge on any atom is -0.394 e. The van der Waals surface area contributed by atoms with E-state index >= 15 is 0 Å². The molecular formula is C22H24FN5O3S2. The number of fused-ring (bicyclic) bond motifs is 1. The van der Waals surface area contributed by atoms with Crippen molar-refractivity contribution in [2.24, 2.45) is 0 Å². The van der Waals surface area contributed by atoms with Crippen molar-refractivity contribution in [3.63, 3.8) is 0 Å². The summed E-state index contributed by atoms with van der Waals surface area (Å²) in [6.07, 6.45) is 4.71. The largest absolute Gasteiger partial charge is 0.394 e. The summed E-state index contributed by atoms with van der Waals surface area (Å²) in [7, 11) is -3.80. The maximum Gasteiger partial charge on any atom is 0.245 e.